The van der Waals surface area contributed by atoms with Gasteiger partial charge in [0.2, 0.25) is 5.91 Å². The van der Waals surface area contributed by atoms with Crippen LogP contribution in [0.25, 0.3) is 0 Å². The molecule has 1 rings (SSSR count). The van der Waals surface area contributed by atoms with Crippen molar-refractivity contribution in [3.8, 4) is 0 Å². The lowest BCUT2D eigenvalue weighted by atomic mass is 10.2. The molecule has 0 atom stereocenters. The minimum absolute atomic E-state index is 0.0411. The van der Waals surface area contributed by atoms with Crippen molar-refractivity contribution < 1.29 is 14.3 Å². The Morgan fingerprint density at radius 1 is 1.39 bits per heavy atom. The van der Waals surface area contributed by atoms with E-state index >= 15 is 0 Å². The fourth-order valence-electron chi connectivity index (χ4n) is 1.71. The highest BCUT2D eigenvalue weighted by molar-refractivity contribution is 5.83. The standard InChI is InChI=1S/C12H23N3O3/c1-12(2,3)18-11(17)15-8-7-14(6-4-5-13)10(16)9-15/h4-9,13H2,1-3H3. The monoisotopic (exact) mass is 257 g/mol. The number of carbonyl (C=O) groups is 2. The topological polar surface area (TPSA) is 75.9 Å². The fourth-order valence-corrected chi connectivity index (χ4v) is 1.71. The van der Waals surface area contributed by atoms with Crippen LogP contribution < -0.4 is 5.73 Å². The predicted octanol–water partition coefficient (Wildman–Crippen LogP) is 0.415. The minimum Gasteiger partial charge on any atom is -0.444 e. The summed E-state index contributed by atoms with van der Waals surface area (Å²) in [6, 6.07) is 0. The molecule has 0 radical (unpaired) electrons. The number of carbonyl (C=O) groups excluding carboxylic acids is 2. The van der Waals surface area contributed by atoms with Crippen LogP contribution in [0.15, 0.2) is 0 Å². The highest BCUT2D eigenvalue weighted by Crippen LogP contribution is 2.12. The van der Waals surface area contributed by atoms with Crippen LogP contribution in [0.5, 0.6) is 0 Å². The first-order chi connectivity index (χ1) is 8.33. The van der Waals surface area contributed by atoms with Gasteiger partial charge in [0.25, 0.3) is 0 Å². The molecule has 1 aliphatic heterocycles. The van der Waals surface area contributed by atoms with Crippen molar-refractivity contribution >= 4 is 12.0 Å². The fraction of sp³-hybridized carbons (Fsp3) is 0.833. The number of nitrogens with zero attached hydrogens (tertiary/aromatic N) is 2. The van der Waals surface area contributed by atoms with E-state index in [1.807, 2.05) is 20.8 Å². The van der Waals surface area contributed by atoms with Crippen LogP contribution in [0, 0.1) is 0 Å². The minimum atomic E-state index is -0.531. The number of rotatable bonds is 3. The molecule has 104 valence electrons. The van der Waals surface area contributed by atoms with E-state index < -0.39 is 11.7 Å². The Balaban J connectivity index is 2.45. The quantitative estimate of drug-likeness (QED) is 0.794. The molecular formula is C12H23N3O3. The van der Waals surface area contributed by atoms with Crippen molar-refractivity contribution in [1.29, 1.82) is 0 Å². The third kappa shape index (κ3) is 4.52. The average Bonchev–Trinajstić information content (AvgIpc) is 2.25. The number of nitrogens with two attached hydrogens (primary N) is 1. The van der Waals surface area contributed by atoms with Crippen LogP contribution in [0.4, 0.5) is 4.79 Å². The maximum atomic E-state index is 11.8. The predicted molar refractivity (Wildman–Crippen MR) is 68.1 cm³/mol. The van der Waals surface area contributed by atoms with Crippen LogP contribution in [-0.2, 0) is 9.53 Å². The van der Waals surface area contributed by atoms with Gasteiger partial charge in [-0.25, -0.2) is 4.79 Å². The molecule has 0 spiro atoms. The molecule has 2 N–H and O–H groups in total. The van der Waals surface area contributed by atoms with Gasteiger partial charge in [-0.05, 0) is 33.7 Å². The van der Waals surface area contributed by atoms with Crippen LogP contribution in [-0.4, -0.2) is 60.1 Å². The molecule has 0 aromatic rings. The summed E-state index contributed by atoms with van der Waals surface area (Å²) in [7, 11) is 0. The van der Waals surface area contributed by atoms with E-state index in [0.29, 0.717) is 26.2 Å². The van der Waals surface area contributed by atoms with Gasteiger partial charge in [-0.1, -0.05) is 0 Å². The number of ether oxygens (including phenoxy) is 1. The Morgan fingerprint density at radius 2 is 2.06 bits per heavy atom. The van der Waals surface area contributed by atoms with Gasteiger partial charge in [0.1, 0.15) is 12.1 Å². The maximum Gasteiger partial charge on any atom is 0.410 e. The second-order valence-corrected chi connectivity index (χ2v) is 5.42. The van der Waals surface area contributed by atoms with Crippen molar-refractivity contribution in [2.75, 3.05) is 32.7 Å². The van der Waals surface area contributed by atoms with Gasteiger partial charge in [0, 0.05) is 19.6 Å². The zero-order chi connectivity index (χ0) is 13.8. The number of amides is 2. The smallest absolute Gasteiger partial charge is 0.410 e. The van der Waals surface area contributed by atoms with Crippen LogP contribution in [0.2, 0.25) is 0 Å². The van der Waals surface area contributed by atoms with Gasteiger partial charge in [-0.2, -0.15) is 0 Å². The third-order valence-electron chi connectivity index (χ3n) is 2.60. The lowest BCUT2D eigenvalue weighted by Crippen LogP contribution is -2.53. The molecule has 0 saturated carbocycles. The summed E-state index contributed by atoms with van der Waals surface area (Å²) in [5.74, 6) is -0.0411. The zero-order valence-electron chi connectivity index (χ0n) is 11.4. The molecule has 2 amide bonds. The number of hydrogen-bond donors (Lipinski definition) is 1. The van der Waals surface area contributed by atoms with Crippen LogP contribution >= 0.6 is 0 Å². The molecular weight excluding hydrogens is 234 g/mol. The average molecular weight is 257 g/mol. The Kier molecular flexibility index (Phi) is 4.95. The summed E-state index contributed by atoms with van der Waals surface area (Å²) in [4.78, 5) is 26.8. The molecule has 1 saturated heterocycles. The van der Waals surface area contributed by atoms with Crippen molar-refractivity contribution in [2.45, 2.75) is 32.8 Å². The highest BCUT2D eigenvalue weighted by Gasteiger charge is 2.29. The van der Waals surface area contributed by atoms with Gasteiger partial charge in [0.15, 0.2) is 0 Å². The lowest BCUT2D eigenvalue weighted by molar-refractivity contribution is -0.135. The van der Waals surface area contributed by atoms with E-state index in [9.17, 15) is 9.59 Å². The molecule has 6 nitrogen and oxygen atoms in total. The molecule has 0 unspecified atom stereocenters. The Hall–Kier alpha value is -1.30. The van der Waals surface area contributed by atoms with E-state index in [-0.39, 0.29) is 12.5 Å². The van der Waals surface area contributed by atoms with Gasteiger partial charge in [-0.3, -0.25) is 9.69 Å². The Bertz CT molecular complexity index is 312. The van der Waals surface area contributed by atoms with E-state index in [1.165, 1.54) is 4.90 Å². The van der Waals surface area contributed by atoms with Gasteiger partial charge in [0.05, 0.1) is 0 Å². The van der Waals surface area contributed by atoms with E-state index in [0.717, 1.165) is 6.42 Å². The Labute approximate surface area is 108 Å². The van der Waals surface area contributed by atoms with E-state index in [2.05, 4.69) is 0 Å². The van der Waals surface area contributed by atoms with Crippen molar-refractivity contribution in [1.82, 2.24) is 9.80 Å². The summed E-state index contributed by atoms with van der Waals surface area (Å²) in [6.07, 6.45) is 0.368. The summed E-state index contributed by atoms with van der Waals surface area (Å²) < 4.78 is 5.24. The van der Waals surface area contributed by atoms with E-state index in [1.54, 1.807) is 4.90 Å². The van der Waals surface area contributed by atoms with Crippen molar-refractivity contribution in [3.05, 3.63) is 0 Å². The first-order valence-corrected chi connectivity index (χ1v) is 6.29. The first kappa shape index (κ1) is 14.8. The third-order valence-corrected chi connectivity index (χ3v) is 2.60. The van der Waals surface area contributed by atoms with Crippen molar-refractivity contribution in [3.63, 3.8) is 0 Å². The zero-order valence-corrected chi connectivity index (χ0v) is 11.4. The lowest BCUT2D eigenvalue weighted by Gasteiger charge is -2.35. The Morgan fingerprint density at radius 3 is 2.56 bits per heavy atom. The molecule has 0 bridgehead atoms. The summed E-state index contributed by atoms with van der Waals surface area (Å²) in [5, 5.41) is 0. The first-order valence-electron chi connectivity index (χ1n) is 6.29. The number of hydrogen-bond acceptors (Lipinski definition) is 4. The molecule has 1 aliphatic rings. The van der Waals surface area contributed by atoms with Gasteiger partial charge in [-0.15, -0.1) is 0 Å². The molecule has 0 aromatic heterocycles. The molecule has 1 fully saturated rings. The largest absolute Gasteiger partial charge is 0.444 e. The molecule has 1 heterocycles. The summed E-state index contributed by atoms with van der Waals surface area (Å²) in [5.41, 5.74) is 4.88. The maximum absolute atomic E-state index is 11.8. The SMILES string of the molecule is CC(C)(C)OC(=O)N1CCN(CCCN)C(=O)C1. The molecule has 18 heavy (non-hydrogen) atoms. The highest BCUT2D eigenvalue weighted by atomic mass is 16.6. The van der Waals surface area contributed by atoms with E-state index in [4.69, 9.17) is 10.5 Å². The number of piperazine rings is 1. The normalized spacial score (nSPS) is 17.0. The molecule has 0 aliphatic carbocycles. The molecule has 6 heteroatoms. The summed E-state index contributed by atoms with van der Waals surface area (Å²) >= 11 is 0. The van der Waals surface area contributed by atoms with Crippen LogP contribution in [0.1, 0.15) is 27.2 Å². The van der Waals surface area contributed by atoms with Crippen LogP contribution in [0.3, 0.4) is 0 Å². The molecule has 0 aromatic carbocycles. The van der Waals surface area contributed by atoms with Gasteiger partial charge >= 0.3 is 6.09 Å². The van der Waals surface area contributed by atoms with Gasteiger partial charge < -0.3 is 15.4 Å². The van der Waals surface area contributed by atoms with Crippen molar-refractivity contribution in [2.24, 2.45) is 5.73 Å². The second kappa shape index (κ2) is 6.04. The summed E-state index contributed by atoms with van der Waals surface area (Å²) in [6.45, 7) is 7.83. The second-order valence-electron chi connectivity index (χ2n) is 5.42.